The molecule has 24 heavy (non-hydrogen) atoms. The Kier molecular flexibility index (Phi) is 5.56. The van der Waals surface area contributed by atoms with Crippen LogP contribution in [0.25, 0.3) is 0 Å². The summed E-state index contributed by atoms with van der Waals surface area (Å²) in [6, 6.07) is 0.171. The summed E-state index contributed by atoms with van der Waals surface area (Å²) < 4.78 is 0. The minimum atomic E-state index is 0.0664. The average Bonchev–Trinajstić information content (AvgIpc) is 2.98. The van der Waals surface area contributed by atoms with Crippen LogP contribution in [0.15, 0.2) is 5.38 Å². The molecule has 2 heterocycles. The molecule has 2 aliphatic rings. The van der Waals surface area contributed by atoms with Crippen LogP contribution in [0.4, 0.5) is 0 Å². The van der Waals surface area contributed by atoms with Crippen molar-refractivity contribution in [1.29, 1.82) is 0 Å². The van der Waals surface area contributed by atoms with Gasteiger partial charge in [0.05, 0.1) is 12.1 Å². The molecule has 0 spiro atoms. The van der Waals surface area contributed by atoms with Gasteiger partial charge in [-0.05, 0) is 45.1 Å². The number of nitrogens with one attached hydrogen (secondary N) is 1. The monoisotopic (exact) mass is 349 g/mol. The zero-order chi connectivity index (χ0) is 17.1. The second-order valence-corrected chi connectivity index (χ2v) is 8.01. The number of carbonyl (C=O) groups is 2. The van der Waals surface area contributed by atoms with Crippen LogP contribution in [-0.4, -0.2) is 60.4 Å². The summed E-state index contributed by atoms with van der Waals surface area (Å²) >= 11 is 1.75. The molecule has 2 amide bonds. The Bertz CT molecular complexity index is 603. The lowest BCUT2D eigenvalue weighted by atomic mass is 9.95. The van der Waals surface area contributed by atoms with Crippen LogP contribution in [0, 0.1) is 0 Å². The van der Waals surface area contributed by atoms with Crippen LogP contribution >= 0.6 is 11.3 Å². The van der Waals surface area contributed by atoms with Crippen LogP contribution in [-0.2, 0) is 17.6 Å². The van der Waals surface area contributed by atoms with Crippen LogP contribution in [0.2, 0.25) is 0 Å². The normalized spacial score (nSPS) is 18.5. The van der Waals surface area contributed by atoms with Gasteiger partial charge in [0.15, 0.2) is 0 Å². The number of amides is 2. The zero-order valence-electron chi connectivity index (χ0n) is 14.6. The van der Waals surface area contributed by atoms with Gasteiger partial charge in [-0.3, -0.25) is 14.5 Å². The van der Waals surface area contributed by atoms with Crippen molar-refractivity contribution in [3.05, 3.63) is 21.4 Å². The first-order valence-electron chi connectivity index (χ1n) is 8.95. The van der Waals surface area contributed by atoms with E-state index in [2.05, 4.69) is 15.6 Å². The van der Waals surface area contributed by atoms with Crippen LogP contribution in [0.1, 0.15) is 47.5 Å². The molecule has 1 aliphatic carbocycles. The number of nitrogens with zero attached hydrogens (tertiary/aromatic N) is 2. The Morgan fingerprint density at radius 1 is 1.17 bits per heavy atom. The third kappa shape index (κ3) is 3.98. The summed E-state index contributed by atoms with van der Waals surface area (Å²) in [5.41, 5.74) is 2.23. The molecule has 1 aromatic heterocycles. The average molecular weight is 350 g/mol. The number of hydrogen-bond acceptors (Lipinski definition) is 4. The molecule has 0 bridgehead atoms. The van der Waals surface area contributed by atoms with E-state index in [0.29, 0.717) is 19.6 Å². The molecular weight excluding hydrogens is 322 g/mol. The van der Waals surface area contributed by atoms with Crippen molar-refractivity contribution in [2.24, 2.45) is 0 Å². The van der Waals surface area contributed by atoms with Gasteiger partial charge >= 0.3 is 0 Å². The predicted molar refractivity (Wildman–Crippen MR) is 96.6 cm³/mol. The van der Waals surface area contributed by atoms with Crippen molar-refractivity contribution in [3.8, 4) is 0 Å². The summed E-state index contributed by atoms with van der Waals surface area (Å²) in [7, 11) is 0. The topological polar surface area (TPSA) is 52.7 Å². The molecular formula is C18H27N3O2S. The van der Waals surface area contributed by atoms with Crippen molar-refractivity contribution < 1.29 is 9.59 Å². The summed E-state index contributed by atoms with van der Waals surface area (Å²) in [5, 5.41) is 4.98. The molecule has 0 unspecified atom stereocenters. The molecule has 5 nitrogen and oxygen atoms in total. The zero-order valence-corrected chi connectivity index (χ0v) is 15.5. The van der Waals surface area contributed by atoms with Gasteiger partial charge in [0, 0.05) is 42.5 Å². The molecule has 1 saturated heterocycles. The summed E-state index contributed by atoms with van der Waals surface area (Å²) in [4.78, 5) is 30.2. The number of carbonyl (C=O) groups excluding carboxylic acids is 2. The molecule has 0 atom stereocenters. The molecule has 0 aromatic carbocycles. The van der Waals surface area contributed by atoms with E-state index in [1.807, 2.05) is 18.7 Å². The smallest absolute Gasteiger partial charge is 0.255 e. The van der Waals surface area contributed by atoms with Crippen molar-refractivity contribution in [2.45, 2.75) is 45.6 Å². The van der Waals surface area contributed by atoms with Crippen molar-refractivity contribution in [3.63, 3.8) is 0 Å². The Labute approximate surface area is 148 Å². The number of piperazine rings is 1. The lowest BCUT2D eigenvalue weighted by Crippen LogP contribution is -2.51. The van der Waals surface area contributed by atoms with E-state index in [4.69, 9.17) is 0 Å². The molecule has 6 heteroatoms. The van der Waals surface area contributed by atoms with Gasteiger partial charge in [-0.25, -0.2) is 0 Å². The molecule has 1 aliphatic heterocycles. The van der Waals surface area contributed by atoms with E-state index >= 15 is 0 Å². The molecule has 1 aromatic rings. The van der Waals surface area contributed by atoms with Crippen molar-refractivity contribution in [1.82, 2.24) is 15.1 Å². The quantitative estimate of drug-likeness (QED) is 0.903. The van der Waals surface area contributed by atoms with Gasteiger partial charge in [-0.1, -0.05) is 0 Å². The maximum absolute atomic E-state index is 12.8. The highest BCUT2D eigenvalue weighted by Crippen LogP contribution is 2.31. The molecule has 1 fully saturated rings. The van der Waals surface area contributed by atoms with Crippen LogP contribution in [0.3, 0.4) is 0 Å². The van der Waals surface area contributed by atoms with Gasteiger partial charge in [0.1, 0.15) is 0 Å². The van der Waals surface area contributed by atoms with Gasteiger partial charge in [0.2, 0.25) is 5.91 Å². The van der Waals surface area contributed by atoms with Gasteiger partial charge < -0.3 is 10.2 Å². The maximum Gasteiger partial charge on any atom is 0.255 e. The molecule has 1 N–H and O–H groups in total. The van der Waals surface area contributed by atoms with Crippen molar-refractivity contribution >= 4 is 23.2 Å². The number of thiophene rings is 1. The molecule has 132 valence electrons. The third-order valence-corrected chi connectivity index (χ3v) is 5.86. The standard InChI is InChI=1S/C18H27N3O2S/c1-13(2)19-17(22)11-20-7-9-21(10-8-20)18(23)15-12-24-16-6-4-3-5-14(15)16/h12-13H,3-11H2,1-2H3,(H,19,22). The number of fused-ring (bicyclic) bond motifs is 1. The maximum atomic E-state index is 12.8. The van der Waals surface area contributed by atoms with E-state index in [-0.39, 0.29) is 17.9 Å². The van der Waals surface area contributed by atoms with Gasteiger partial charge in [0.25, 0.3) is 5.91 Å². The summed E-state index contributed by atoms with van der Waals surface area (Å²) in [6.45, 7) is 7.31. The van der Waals surface area contributed by atoms with E-state index in [1.165, 1.54) is 23.3 Å². The minimum absolute atomic E-state index is 0.0664. The van der Waals surface area contributed by atoms with Gasteiger partial charge in [-0.15, -0.1) is 11.3 Å². The fourth-order valence-electron chi connectivity index (χ4n) is 3.52. The number of aryl methyl sites for hydroxylation is 1. The number of rotatable bonds is 4. The number of hydrogen-bond donors (Lipinski definition) is 1. The predicted octanol–water partition coefficient (Wildman–Crippen LogP) is 1.91. The van der Waals surface area contributed by atoms with Crippen molar-refractivity contribution in [2.75, 3.05) is 32.7 Å². The highest BCUT2D eigenvalue weighted by molar-refractivity contribution is 7.10. The fraction of sp³-hybridized carbons (Fsp3) is 0.667. The molecule has 3 rings (SSSR count). The highest BCUT2D eigenvalue weighted by Gasteiger charge is 2.27. The highest BCUT2D eigenvalue weighted by atomic mass is 32.1. The molecule has 0 radical (unpaired) electrons. The lowest BCUT2D eigenvalue weighted by Gasteiger charge is -2.34. The van der Waals surface area contributed by atoms with Gasteiger partial charge in [-0.2, -0.15) is 0 Å². The minimum Gasteiger partial charge on any atom is -0.353 e. The fourth-order valence-corrected chi connectivity index (χ4v) is 4.64. The summed E-state index contributed by atoms with van der Waals surface area (Å²) in [5.74, 6) is 0.248. The SMILES string of the molecule is CC(C)NC(=O)CN1CCN(C(=O)c2csc3c2CCCC3)CC1. The first-order valence-corrected chi connectivity index (χ1v) is 9.83. The summed E-state index contributed by atoms with van der Waals surface area (Å²) in [6.07, 6.45) is 4.63. The Morgan fingerprint density at radius 2 is 1.88 bits per heavy atom. The van der Waals surface area contributed by atoms with Crippen LogP contribution in [0.5, 0.6) is 0 Å². The molecule has 0 saturated carbocycles. The van der Waals surface area contributed by atoms with E-state index < -0.39 is 0 Å². The second-order valence-electron chi connectivity index (χ2n) is 7.05. The third-order valence-electron chi connectivity index (χ3n) is 4.77. The second kappa shape index (κ2) is 7.66. The lowest BCUT2D eigenvalue weighted by molar-refractivity contribution is -0.123. The van der Waals surface area contributed by atoms with E-state index in [1.54, 1.807) is 11.3 Å². The first-order chi connectivity index (χ1) is 11.5. The van der Waals surface area contributed by atoms with Crippen LogP contribution < -0.4 is 5.32 Å². The van der Waals surface area contributed by atoms with E-state index in [0.717, 1.165) is 31.5 Å². The first kappa shape index (κ1) is 17.4. The largest absolute Gasteiger partial charge is 0.353 e. The van der Waals surface area contributed by atoms with E-state index in [9.17, 15) is 9.59 Å². The Hall–Kier alpha value is -1.40. The Morgan fingerprint density at radius 3 is 2.58 bits per heavy atom. The Balaban J connectivity index is 1.54.